The minimum Gasteiger partial charge on any atom is -0.741 e. The van der Waals surface area contributed by atoms with Crippen LogP contribution >= 0.6 is 0 Å². The van der Waals surface area contributed by atoms with Gasteiger partial charge in [-0.05, 0) is 159 Å². The first kappa shape index (κ1) is 43.9. The summed E-state index contributed by atoms with van der Waals surface area (Å²) in [6.07, 6.45) is 13.7. The van der Waals surface area contributed by atoms with E-state index in [2.05, 4.69) is 38.1 Å². The Hall–Kier alpha value is -3.75. The van der Waals surface area contributed by atoms with Crippen LogP contribution in [0.2, 0.25) is 0 Å². The van der Waals surface area contributed by atoms with Crippen LogP contribution in [-0.4, -0.2) is 44.0 Å². The molecule has 3 aromatic carbocycles. The van der Waals surface area contributed by atoms with Crippen molar-refractivity contribution in [2.45, 2.75) is 111 Å². The van der Waals surface area contributed by atoms with E-state index in [4.69, 9.17) is 31.9 Å². The van der Waals surface area contributed by atoms with Gasteiger partial charge in [0.1, 0.15) is 10.9 Å². The van der Waals surface area contributed by atoms with Crippen molar-refractivity contribution in [2.24, 2.45) is 58.2 Å². The van der Waals surface area contributed by atoms with E-state index in [-0.39, 0.29) is 36.4 Å². The number of benzene rings is 3. The third kappa shape index (κ3) is 9.32. The minimum atomic E-state index is -6.09. The van der Waals surface area contributed by atoms with E-state index in [1.807, 2.05) is 54.6 Å². The zero-order valence-corrected chi connectivity index (χ0v) is 36.3. The van der Waals surface area contributed by atoms with Gasteiger partial charge < -0.3 is 23.5 Å². The summed E-state index contributed by atoms with van der Waals surface area (Å²) in [5, 5.41) is 0. The van der Waals surface area contributed by atoms with Gasteiger partial charge in [0, 0.05) is 0 Å². The highest BCUT2D eigenvalue weighted by Gasteiger charge is 2.57. The average Bonchev–Trinajstić information content (AvgIpc) is 3.19. The first-order chi connectivity index (χ1) is 29.0. The van der Waals surface area contributed by atoms with E-state index in [0.29, 0.717) is 36.2 Å². The van der Waals surface area contributed by atoms with E-state index >= 15 is 0 Å². The van der Waals surface area contributed by atoms with Gasteiger partial charge in [-0.2, -0.15) is 13.2 Å². The molecule has 0 amide bonds. The third-order valence-electron chi connectivity index (χ3n) is 15.3. The molecular weight excluding hydrogens is 830 g/mol. The summed E-state index contributed by atoms with van der Waals surface area (Å²) in [4.78, 5) is 29.8. The van der Waals surface area contributed by atoms with Crippen LogP contribution in [0.15, 0.2) is 93.5 Å². The Morgan fingerprint density at radius 1 is 0.639 bits per heavy atom. The number of carbonyl (C=O) groups is 2. The Morgan fingerprint density at radius 2 is 1.00 bits per heavy atom. The number of rotatable bonds is 13. The molecule has 3 aromatic rings. The molecule has 0 radical (unpaired) electrons. The zero-order valence-electron chi connectivity index (χ0n) is 34.6. The lowest BCUT2D eigenvalue weighted by atomic mass is 9.45. The van der Waals surface area contributed by atoms with Crippen molar-refractivity contribution in [1.29, 1.82) is 0 Å². The fraction of sp³-hybridized carbons (Fsp3) is 0.574. The fourth-order valence-electron chi connectivity index (χ4n) is 12.9. The van der Waals surface area contributed by atoms with Gasteiger partial charge in [0.2, 0.25) is 23.4 Å². The van der Waals surface area contributed by atoms with Crippen molar-refractivity contribution >= 4 is 33.0 Å². The number of ether oxygens (including phenoxy) is 4. The maximum atomic E-state index is 13.4. The molecule has 8 bridgehead atoms. The number of hydrogen-bond acceptors (Lipinski definition) is 9. The second-order valence-electron chi connectivity index (χ2n) is 18.8. The summed E-state index contributed by atoms with van der Waals surface area (Å²) in [6, 6.07) is 26.3. The van der Waals surface area contributed by atoms with E-state index in [9.17, 15) is 22.8 Å². The second kappa shape index (κ2) is 17.4. The van der Waals surface area contributed by atoms with E-state index in [0.717, 1.165) is 50.2 Å². The molecule has 0 spiro atoms. The maximum absolute atomic E-state index is 13.4. The second-order valence-corrected chi connectivity index (χ2v) is 22.2. The average molecular weight is 885 g/mol. The first-order valence-corrected chi connectivity index (χ1v) is 24.2. The summed E-state index contributed by atoms with van der Waals surface area (Å²) in [6.45, 7) is 4.50. The Balaban J connectivity index is 0.000000586. The SMILES string of the molecule is CC1C2CC3CC(C2)CC1(CC(=O)OCOc1ccccc1[S+](c1ccccc1)c1ccccc1OCOC(=O)CC12CC4CC(CC(C4)C1C)C2)C3.O=S(=O)([O-])C(F)(F)F. The van der Waals surface area contributed by atoms with Crippen molar-refractivity contribution in [3.8, 4) is 11.5 Å². The van der Waals surface area contributed by atoms with E-state index in [1.165, 1.54) is 64.2 Å². The predicted octanol–water partition coefficient (Wildman–Crippen LogP) is 10.3. The monoisotopic (exact) mass is 884 g/mol. The molecule has 0 aromatic heterocycles. The predicted molar refractivity (Wildman–Crippen MR) is 220 cm³/mol. The molecule has 11 rings (SSSR count). The summed E-state index contributed by atoms with van der Waals surface area (Å²) >= 11 is 0. The highest BCUT2D eigenvalue weighted by Crippen LogP contribution is 2.65. The molecule has 8 saturated carbocycles. The maximum Gasteiger partial charge on any atom is 0.485 e. The van der Waals surface area contributed by atoms with E-state index in [1.54, 1.807) is 0 Å². The molecule has 61 heavy (non-hydrogen) atoms. The van der Waals surface area contributed by atoms with Gasteiger partial charge >= 0.3 is 17.4 Å². The van der Waals surface area contributed by atoms with Crippen molar-refractivity contribution in [3.63, 3.8) is 0 Å². The van der Waals surface area contributed by atoms with Crippen molar-refractivity contribution in [1.82, 2.24) is 0 Å². The van der Waals surface area contributed by atoms with Crippen LogP contribution < -0.4 is 9.47 Å². The number of halogens is 3. The van der Waals surface area contributed by atoms with Gasteiger partial charge in [0.25, 0.3) is 0 Å². The van der Waals surface area contributed by atoms with Crippen LogP contribution in [0.1, 0.15) is 90.9 Å². The number of alkyl halides is 3. The Kier molecular flexibility index (Phi) is 12.5. The minimum absolute atomic E-state index is 0.0921. The highest BCUT2D eigenvalue weighted by molar-refractivity contribution is 7.97. The summed E-state index contributed by atoms with van der Waals surface area (Å²) in [5.41, 5.74) is -5.46. The molecule has 0 saturated heterocycles. The standard InChI is InChI=1S/C46H55O6S.CHF3O3S/c1-30-36-18-32-16-33(19-36)23-45(30,22-32)26-43(47)51-28-49-39-12-6-8-14-41(39)53(38-10-4-3-5-11-38)42-15-9-7-13-40(42)50-29-52-44(48)27-46-24-34-17-35(25-46)21-37(20-34)31(46)2;2-1(3,4)8(5,6)7/h3-15,30-37H,16-29H2,1-2H3;(H,5,6,7)/q+1;/p-1. The lowest BCUT2D eigenvalue weighted by Crippen LogP contribution is -2.52. The molecule has 8 aliphatic rings. The Morgan fingerprint density at radius 3 is 1.38 bits per heavy atom. The van der Waals surface area contributed by atoms with Crippen LogP contribution in [-0.2, 0) is 40.1 Å². The van der Waals surface area contributed by atoms with Gasteiger partial charge in [-0.25, -0.2) is 8.42 Å². The summed E-state index contributed by atoms with van der Waals surface area (Å²) in [5.74, 6) is 6.85. The van der Waals surface area contributed by atoms with Gasteiger partial charge in [0.15, 0.2) is 26.5 Å². The smallest absolute Gasteiger partial charge is 0.485 e. The number of hydrogen-bond donors (Lipinski definition) is 0. The topological polar surface area (TPSA) is 128 Å². The van der Waals surface area contributed by atoms with Gasteiger partial charge in [-0.15, -0.1) is 0 Å². The quantitative estimate of drug-likeness (QED) is 0.0542. The lowest BCUT2D eigenvalue weighted by molar-refractivity contribution is -0.165. The van der Waals surface area contributed by atoms with Gasteiger partial charge in [-0.1, -0.05) is 56.3 Å². The number of carbonyl (C=O) groups excluding carboxylic acids is 2. The normalized spacial score (nSPS) is 32.4. The van der Waals surface area contributed by atoms with Crippen molar-refractivity contribution in [2.75, 3.05) is 13.6 Å². The van der Waals surface area contributed by atoms with Crippen molar-refractivity contribution in [3.05, 3.63) is 78.9 Å². The first-order valence-electron chi connectivity index (χ1n) is 21.6. The van der Waals surface area contributed by atoms with Crippen LogP contribution in [0.5, 0.6) is 11.5 Å². The van der Waals surface area contributed by atoms with Gasteiger partial charge in [0.05, 0.1) is 12.8 Å². The molecule has 8 aliphatic carbocycles. The van der Waals surface area contributed by atoms with Crippen LogP contribution in [0.25, 0.3) is 0 Å². The third-order valence-corrected chi connectivity index (χ3v) is 18.1. The van der Waals surface area contributed by atoms with Crippen LogP contribution in [0.4, 0.5) is 13.2 Å². The molecule has 0 heterocycles. The van der Waals surface area contributed by atoms with Crippen LogP contribution in [0.3, 0.4) is 0 Å². The highest BCUT2D eigenvalue weighted by atomic mass is 32.2. The molecule has 14 heteroatoms. The molecule has 330 valence electrons. The van der Waals surface area contributed by atoms with Crippen molar-refractivity contribution < 1.29 is 54.7 Å². The summed E-state index contributed by atoms with van der Waals surface area (Å²) < 4.78 is 83.2. The number of para-hydroxylation sites is 2. The molecule has 0 aliphatic heterocycles. The Labute approximate surface area is 359 Å². The zero-order chi connectivity index (χ0) is 43.2. The largest absolute Gasteiger partial charge is 0.741 e. The van der Waals surface area contributed by atoms with E-state index < -0.39 is 26.5 Å². The molecule has 6 atom stereocenters. The van der Waals surface area contributed by atoms with Crippen LogP contribution in [0, 0.1) is 58.2 Å². The summed E-state index contributed by atoms with van der Waals surface area (Å²) in [7, 11) is -6.72. The molecule has 6 unspecified atom stereocenters. The molecule has 8 fully saturated rings. The lowest BCUT2D eigenvalue weighted by Gasteiger charge is -2.60. The van der Waals surface area contributed by atoms with Gasteiger partial charge in [-0.3, -0.25) is 9.59 Å². The number of esters is 2. The fourth-order valence-corrected chi connectivity index (χ4v) is 15.2. The molecular formula is C47H55F3O9S2. The Bertz CT molecular complexity index is 2030. The molecule has 0 N–H and O–H groups in total. The molecule has 9 nitrogen and oxygen atoms in total.